The summed E-state index contributed by atoms with van der Waals surface area (Å²) in [4.78, 5) is 22.1. The van der Waals surface area contributed by atoms with E-state index in [0.29, 0.717) is 5.95 Å². The van der Waals surface area contributed by atoms with Crippen molar-refractivity contribution < 1.29 is 4.79 Å². The molecule has 6 heteroatoms. The highest BCUT2D eigenvalue weighted by Gasteiger charge is 2.19. The van der Waals surface area contributed by atoms with Crippen LogP contribution in [0.25, 0.3) is 0 Å². The third-order valence-electron chi connectivity index (χ3n) is 3.47. The van der Waals surface area contributed by atoms with Crippen LogP contribution in [0.1, 0.15) is 12.0 Å². The first-order valence-electron chi connectivity index (χ1n) is 6.92. The van der Waals surface area contributed by atoms with Gasteiger partial charge in [0.25, 0.3) is 0 Å². The van der Waals surface area contributed by atoms with Gasteiger partial charge in [0.15, 0.2) is 0 Å². The lowest BCUT2D eigenvalue weighted by atomic mass is 10.0. The first-order chi connectivity index (χ1) is 10.2. The lowest BCUT2D eigenvalue weighted by molar-refractivity contribution is -0.115. The smallest absolute Gasteiger partial charge is 0.246 e. The van der Waals surface area contributed by atoms with E-state index in [4.69, 9.17) is 5.73 Å². The molecule has 0 saturated heterocycles. The van der Waals surface area contributed by atoms with Crippen molar-refractivity contribution >= 4 is 23.2 Å². The van der Waals surface area contributed by atoms with E-state index in [1.807, 2.05) is 18.2 Å². The average Bonchev–Trinajstić information content (AvgIpc) is 2.48. The second-order valence-corrected chi connectivity index (χ2v) is 5.03. The number of anilines is 3. The highest BCUT2D eigenvalue weighted by molar-refractivity contribution is 5.92. The maximum Gasteiger partial charge on any atom is 0.246 e. The Balaban J connectivity index is 1.70. The highest BCUT2D eigenvalue weighted by atomic mass is 16.2. The summed E-state index contributed by atoms with van der Waals surface area (Å²) in [6, 6.07) is 7.55. The number of hydrogen-bond donors (Lipinski definition) is 2. The van der Waals surface area contributed by atoms with Crippen LogP contribution in [0.5, 0.6) is 0 Å². The molecule has 1 aromatic carbocycles. The Morgan fingerprint density at radius 3 is 2.95 bits per heavy atom. The summed E-state index contributed by atoms with van der Waals surface area (Å²) in [5, 5.41) is 2.70. The monoisotopic (exact) mass is 283 g/mol. The van der Waals surface area contributed by atoms with E-state index in [0.717, 1.165) is 30.8 Å². The quantitative estimate of drug-likeness (QED) is 0.833. The fourth-order valence-electron chi connectivity index (χ4n) is 2.56. The average molecular weight is 283 g/mol. The van der Waals surface area contributed by atoms with Gasteiger partial charge in [-0.2, -0.15) is 0 Å². The third kappa shape index (κ3) is 3.10. The Morgan fingerprint density at radius 1 is 1.33 bits per heavy atom. The molecule has 21 heavy (non-hydrogen) atoms. The van der Waals surface area contributed by atoms with Gasteiger partial charge in [0, 0.05) is 30.3 Å². The minimum absolute atomic E-state index is 0.120. The molecular formula is C15H17N5O. The molecule has 0 unspecified atom stereocenters. The minimum atomic E-state index is -0.120. The number of fused-ring (bicyclic) bond motifs is 1. The zero-order valence-corrected chi connectivity index (χ0v) is 11.6. The number of aryl methyl sites for hydroxylation is 1. The van der Waals surface area contributed by atoms with Crippen LogP contribution < -0.4 is 16.0 Å². The first-order valence-corrected chi connectivity index (χ1v) is 6.92. The zero-order chi connectivity index (χ0) is 14.7. The molecule has 3 rings (SSSR count). The maximum absolute atomic E-state index is 12.1. The lowest BCUT2D eigenvalue weighted by Gasteiger charge is -2.30. The van der Waals surface area contributed by atoms with Gasteiger partial charge in [0.2, 0.25) is 11.9 Å². The van der Waals surface area contributed by atoms with Crippen LogP contribution in [0.15, 0.2) is 36.7 Å². The molecule has 2 heterocycles. The van der Waals surface area contributed by atoms with Crippen molar-refractivity contribution in [3.05, 3.63) is 42.2 Å². The van der Waals surface area contributed by atoms with Crippen LogP contribution >= 0.6 is 0 Å². The number of rotatable bonds is 3. The first kappa shape index (κ1) is 13.4. The van der Waals surface area contributed by atoms with Crippen LogP contribution in [0.3, 0.4) is 0 Å². The van der Waals surface area contributed by atoms with E-state index in [1.165, 1.54) is 5.56 Å². The van der Waals surface area contributed by atoms with Crippen molar-refractivity contribution in [2.24, 2.45) is 0 Å². The van der Waals surface area contributed by atoms with Gasteiger partial charge >= 0.3 is 0 Å². The molecule has 0 saturated carbocycles. The molecule has 0 bridgehead atoms. The van der Waals surface area contributed by atoms with E-state index < -0.39 is 0 Å². The molecule has 1 aromatic heterocycles. The summed E-state index contributed by atoms with van der Waals surface area (Å²) in [5.41, 5.74) is 8.86. The molecule has 0 atom stereocenters. The minimum Gasteiger partial charge on any atom is -0.399 e. The Kier molecular flexibility index (Phi) is 3.68. The molecule has 6 nitrogen and oxygen atoms in total. The second-order valence-electron chi connectivity index (χ2n) is 5.03. The topological polar surface area (TPSA) is 84.1 Å². The van der Waals surface area contributed by atoms with Crippen molar-refractivity contribution in [2.45, 2.75) is 12.8 Å². The van der Waals surface area contributed by atoms with Crippen LogP contribution in [-0.4, -0.2) is 29.0 Å². The van der Waals surface area contributed by atoms with Crippen molar-refractivity contribution in [3.63, 3.8) is 0 Å². The van der Waals surface area contributed by atoms with Crippen molar-refractivity contribution in [1.29, 1.82) is 0 Å². The number of nitrogens with one attached hydrogen (secondary N) is 1. The van der Waals surface area contributed by atoms with Gasteiger partial charge in [-0.15, -0.1) is 0 Å². The molecular weight excluding hydrogens is 266 g/mol. The molecule has 108 valence electrons. The number of carbonyl (C=O) groups is 1. The van der Waals surface area contributed by atoms with Crippen LogP contribution in [0, 0.1) is 0 Å². The van der Waals surface area contributed by atoms with Gasteiger partial charge in [-0.3, -0.25) is 10.1 Å². The molecule has 2 aromatic rings. The summed E-state index contributed by atoms with van der Waals surface area (Å²) in [5.74, 6) is 0.211. The Bertz CT molecular complexity index is 644. The summed E-state index contributed by atoms with van der Waals surface area (Å²) in [6.07, 6.45) is 5.22. The molecule has 1 amide bonds. The number of amides is 1. The summed E-state index contributed by atoms with van der Waals surface area (Å²) in [7, 11) is 0. The molecule has 0 radical (unpaired) electrons. The zero-order valence-electron chi connectivity index (χ0n) is 11.6. The van der Waals surface area contributed by atoms with Crippen LogP contribution in [0.2, 0.25) is 0 Å². The van der Waals surface area contributed by atoms with Gasteiger partial charge < -0.3 is 10.6 Å². The molecule has 0 fully saturated rings. The number of benzene rings is 1. The summed E-state index contributed by atoms with van der Waals surface area (Å²) in [6.45, 7) is 1.15. The van der Waals surface area contributed by atoms with Crippen molar-refractivity contribution in [3.8, 4) is 0 Å². The van der Waals surface area contributed by atoms with Gasteiger partial charge in [0.1, 0.15) is 0 Å². The van der Waals surface area contributed by atoms with Crippen LogP contribution in [0.4, 0.5) is 17.3 Å². The lowest BCUT2D eigenvalue weighted by Crippen LogP contribution is -2.37. The second kappa shape index (κ2) is 5.78. The predicted molar refractivity (Wildman–Crippen MR) is 82.1 cm³/mol. The van der Waals surface area contributed by atoms with Crippen LogP contribution in [-0.2, 0) is 11.2 Å². The predicted octanol–water partition coefficient (Wildman–Crippen LogP) is 1.45. The van der Waals surface area contributed by atoms with Crippen molar-refractivity contribution in [1.82, 2.24) is 9.97 Å². The fraction of sp³-hybridized carbons (Fsp3) is 0.267. The van der Waals surface area contributed by atoms with Crippen molar-refractivity contribution in [2.75, 3.05) is 29.0 Å². The normalized spacial score (nSPS) is 13.6. The fourth-order valence-corrected chi connectivity index (χ4v) is 2.56. The van der Waals surface area contributed by atoms with Gasteiger partial charge in [0.05, 0.1) is 6.54 Å². The molecule has 0 aliphatic carbocycles. The maximum atomic E-state index is 12.1. The van der Waals surface area contributed by atoms with Gasteiger partial charge in [-0.05, 0) is 42.7 Å². The van der Waals surface area contributed by atoms with Gasteiger partial charge in [-0.25, -0.2) is 9.97 Å². The number of nitrogen functional groups attached to an aromatic ring is 1. The Hall–Kier alpha value is -2.63. The number of nitrogens with zero attached hydrogens (tertiary/aromatic N) is 3. The van der Waals surface area contributed by atoms with E-state index >= 15 is 0 Å². The van der Waals surface area contributed by atoms with E-state index in [1.54, 1.807) is 18.5 Å². The van der Waals surface area contributed by atoms with Gasteiger partial charge in [-0.1, -0.05) is 0 Å². The summed E-state index contributed by atoms with van der Waals surface area (Å²) < 4.78 is 0. The summed E-state index contributed by atoms with van der Waals surface area (Å²) >= 11 is 0. The molecule has 0 spiro atoms. The molecule has 3 N–H and O–H groups in total. The number of nitrogens with two attached hydrogens (primary N) is 1. The number of hydrogen-bond acceptors (Lipinski definition) is 5. The number of aromatic nitrogens is 2. The third-order valence-corrected chi connectivity index (χ3v) is 3.47. The Labute approximate surface area is 123 Å². The SMILES string of the molecule is Nc1ccc2c(c1)CCCN2CC(=O)Nc1ncccn1. The van der Waals surface area contributed by atoms with E-state index in [2.05, 4.69) is 20.2 Å². The highest BCUT2D eigenvalue weighted by Crippen LogP contribution is 2.28. The Morgan fingerprint density at radius 2 is 2.14 bits per heavy atom. The van der Waals surface area contributed by atoms with E-state index in [9.17, 15) is 4.79 Å². The number of carbonyl (C=O) groups excluding carboxylic acids is 1. The largest absolute Gasteiger partial charge is 0.399 e. The molecule has 1 aliphatic heterocycles. The van der Waals surface area contributed by atoms with E-state index in [-0.39, 0.29) is 12.5 Å². The standard InChI is InChI=1S/C15H17N5O/c16-12-4-5-13-11(9-12)3-1-8-20(13)10-14(21)19-15-17-6-2-7-18-15/h2,4-7,9H,1,3,8,10,16H2,(H,17,18,19,21). The molecule has 1 aliphatic rings.